The second kappa shape index (κ2) is 6.91. The summed E-state index contributed by atoms with van der Waals surface area (Å²) in [6, 6.07) is 6.04. The number of amides is 1. The maximum Gasteiger partial charge on any atom is 0.222 e. The number of pyridine rings is 1. The van der Waals surface area contributed by atoms with Gasteiger partial charge in [0.05, 0.1) is 0 Å². The molecule has 120 valence electrons. The van der Waals surface area contributed by atoms with E-state index < -0.39 is 0 Å². The van der Waals surface area contributed by atoms with Crippen LogP contribution in [0.4, 0.5) is 0 Å². The third-order valence-corrected chi connectivity index (χ3v) is 4.75. The molecule has 3 heterocycles. The SMILES string of the molecule is C#CCCC1(CCC(=O)N2CCC(c3ccccn3)CC2)N=N1. The zero-order valence-electron chi connectivity index (χ0n) is 13.3. The number of carbonyl (C=O) groups is 1. The van der Waals surface area contributed by atoms with Gasteiger partial charge in [0.15, 0.2) is 5.66 Å². The van der Waals surface area contributed by atoms with Gasteiger partial charge in [0.25, 0.3) is 0 Å². The smallest absolute Gasteiger partial charge is 0.222 e. The Balaban J connectivity index is 1.43. The second-order valence-electron chi connectivity index (χ2n) is 6.30. The van der Waals surface area contributed by atoms with Crippen molar-refractivity contribution in [1.29, 1.82) is 0 Å². The molecule has 1 amide bonds. The minimum absolute atomic E-state index is 0.210. The molecule has 0 aliphatic carbocycles. The first-order valence-corrected chi connectivity index (χ1v) is 8.29. The van der Waals surface area contributed by atoms with Crippen LogP contribution in [-0.4, -0.2) is 34.5 Å². The first-order valence-electron chi connectivity index (χ1n) is 8.29. The molecule has 0 atom stereocenters. The van der Waals surface area contributed by atoms with Gasteiger partial charge in [-0.15, -0.1) is 12.3 Å². The highest BCUT2D eigenvalue weighted by Crippen LogP contribution is 2.38. The third kappa shape index (κ3) is 3.95. The molecule has 0 bridgehead atoms. The van der Waals surface area contributed by atoms with Crippen molar-refractivity contribution in [2.45, 2.75) is 50.1 Å². The molecular formula is C18H22N4O. The summed E-state index contributed by atoms with van der Waals surface area (Å²) in [5.74, 6) is 3.29. The van der Waals surface area contributed by atoms with E-state index in [-0.39, 0.29) is 11.6 Å². The third-order valence-electron chi connectivity index (χ3n) is 4.75. The van der Waals surface area contributed by atoms with Crippen molar-refractivity contribution in [3.8, 4) is 12.3 Å². The van der Waals surface area contributed by atoms with Gasteiger partial charge in [-0.05, 0) is 25.0 Å². The molecule has 2 aliphatic heterocycles. The number of aromatic nitrogens is 1. The van der Waals surface area contributed by atoms with Gasteiger partial charge < -0.3 is 4.90 Å². The molecule has 1 aromatic rings. The summed E-state index contributed by atoms with van der Waals surface area (Å²) in [6.07, 6.45) is 11.7. The fourth-order valence-electron chi connectivity index (χ4n) is 3.18. The highest BCUT2D eigenvalue weighted by Gasteiger charge is 2.39. The molecule has 1 aromatic heterocycles. The Bertz CT molecular complexity index is 606. The molecule has 0 N–H and O–H groups in total. The van der Waals surface area contributed by atoms with Crippen LogP contribution in [0.2, 0.25) is 0 Å². The standard InChI is InChI=1S/C18H22N4O/c1-2-3-10-18(20-21-18)11-7-17(23)22-13-8-15(9-14-22)16-6-4-5-12-19-16/h1,4-6,12,15H,3,7-11,13-14H2. The van der Waals surface area contributed by atoms with Crippen LogP contribution in [-0.2, 0) is 4.79 Å². The van der Waals surface area contributed by atoms with Crippen LogP contribution in [0.1, 0.15) is 50.1 Å². The van der Waals surface area contributed by atoms with Crippen LogP contribution in [0.25, 0.3) is 0 Å². The Kier molecular flexibility index (Phi) is 4.71. The van der Waals surface area contributed by atoms with Crippen LogP contribution in [0.15, 0.2) is 34.6 Å². The monoisotopic (exact) mass is 310 g/mol. The maximum absolute atomic E-state index is 12.4. The molecule has 0 saturated carbocycles. The van der Waals surface area contributed by atoms with E-state index in [0.717, 1.165) is 38.0 Å². The van der Waals surface area contributed by atoms with Gasteiger partial charge in [-0.2, -0.15) is 10.2 Å². The summed E-state index contributed by atoms with van der Waals surface area (Å²) in [5.41, 5.74) is 0.789. The van der Waals surface area contributed by atoms with Crippen molar-refractivity contribution >= 4 is 5.91 Å². The zero-order valence-corrected chi connectivity index (χ0v) is 13.3. The highest BCUT2D eigenvalue weighted by molar-refractivity contribution is 5.76. The Morgan fingerprint density at radius 1 is 1.30 bits per heavy atom. The summed E-state index contributed by atoms with van der Waals surface area (Å²) in [4.78, 5) is 18.8. The van der Waals surface area contributed by atoms with Crippen LogP contribution in [0.5, 0.6) is 0 Å². The Morgan fingerprint density at radius 2 is 2.09 bits per heavy atom. The number of carbonyl (C=O) groups excluding carboxylic acids is 1. The van der Waals surface area contributed by atoms with Gasteiger partial charge in [0, 0.05) is 56.6 Å². The van der Waals surface area contributed by atoms with Crippen molar-refractivity contribution in [2.75, 3.05) is 13.1 Å². The topological polar surface area (TPSA) is 57.9 Å². The summed E-state index contributed by atoms with van der Waals surface area (Å²) in [5, 5.41) is 8.18. The molecule has 0 radical (unpaired) electrons. The van der Waals surface area contributed by atoms with E-state index in [0.29, 0.717) is 25.2 Å². The molecule has 0 unspecified atom stereocenters. The lowest BCUT2D eigenvalue weighted by Gasteiger charge is -2.32. The Morgan fingerprint density at radius 3 is 2.70 bits per heavy atom. The molecule has 0 aromatic carbocycles. The largest absolute Gasteiger partial charge is 0.343 e. The number of terminal acetylenes is 1. The first kappa shape index (κ1) is 15.7. The van der Waals surface area contributed by atoms with Crippen molar-refractivity contribution in [2.24, 2.45) is 10.2 Å². The Labute approximate surface area is 137 Å². The van der Waals surface area contributed by atoms with Gasteiger partial charge in [-0.3, -0.25) is 9.78 Å². The molecular weight excluding hydrogens is 288 g/mol. The molecule has 2 aliphatic rings. The van der Waals surface area contributed by atoms with Gasteiger partial charge in [0.2, 0.25) is 5.91 Å². The van der Waals surface area contributed by atoms with Crippen molar-refractivity contribution in [1.82, 2.24) is 9.88 Å². The minimum atomic E-state index is -0.353. The normalized spacial score (nSPS) is 19.3. The number of hydrogen-bond acceptors (Lipinski definition) is 4. The minimum Gasteiger partial charge on any atom is -0.343 e. The average Bonchev–Trinajstić information content (AvgIpc) is 3.39. The fourth-order valence-corrected chi connectivity index (χ4v) is 3.18. The molecule has 3 rings (SSSR count). The lowest BCUT2D eigenvalue weighted by molar-refractivity contribution is -0.132. The van der Waals surface area contributed by atoms with Crippen LogP contribution in [0, 0.1) is 12.3 Å². The first-order chi connectivity index (χ1) is 11.2. The number of likely N-dealkylation sites (tertiary alicyclic amines) is 1. The van der Waals surface area contributed by atoms with E-state index in [4.69, 9.17) is 6.42 Å². The molecule has 1 saturated heterocycles. The lowest BCUT2D eigenvalue weighted by Crippen LogP contribution is -2.38. The van der Waals surface area contributed by atoms with Crippen molar-refractivity contribution in [3.05, 3.63) is 30.1 Å². The molecule has 1 fully saturated rings. The van der Waals surface area contributed by atoms with Crippen molar-refractivity contribution in [3.63, 3.8) is 0 Å². The number of hydrogen-bond donors (Lipinski definition) is 0. The number of piperidine rings is 1. The van der Waals surface area contributed by atoms with E-state index in [1.807, 2.05) is 23.2 Å². The zero-order chi connectivity index (χ0) is 16.1. The van der Waals surface area contributed by atoms with E-state index in [9.17, 15) is 4.79 Å². The molecule has 0 spiro atoms. The molecule has 5 heteroatoms. The van der Waals surface area contributed by atoms with Crippen LogP contribution >= 0.6 is 0 Å². The Hall–Kier alpha value is -2.22. The average molecular weight is 310 g/mol. The van der Waals surface area contributed by atoms with Gasteiger partial charge in [0.1, 0.15) is 0 Å². The second-order valence-corrected chi connectivity index (χ2v) is 6.30. The van der Waals surface area contributed by atoms with E-state index in [2.05, 4.69) is 27.2 Å². The molecule has 23 heavy (non-hydrogen) atoms. The van der Waals surface area contributed by atoms with Crippen molar-refractivity contribution < 1.29 is 4.79 Å². The van der Waals surface area contributed by atoms with Gasteiger partial charge >= 0.3 is 0 Å². The molecule has 5 nitrogen and oxygen atoms in total. The number of nitrogens with zero attached hydrogens (tertiary/aromatic N) is 4. The maximum atomic E-state index is 12.4. The van der Waals surface area contributed by atoms with E-state index in [1.165, 1.54) is 0 Å². The highest BCUT2D eigenvalue weighted by atomic mass is 16.2. The van der Waals surface area contributed by atoms with E-state index >= 15 is 0 Å². The summed E-state index contributed by atoms with van der Waals surface area (Å²) < 4.78 is 0. The summed E-state index contributed by atoms with van der Waals surface area (Å²) in [6.45, 7) is 1.62. The predicted octanol–water partition coefficient (Wildman–Crippen LogP) is 3.14. The van der Waals surface area contributed by atoms with Gasteiger partial charge in [-0.1, -0.05) is 6.07 Å². The lowest BCUT2D eigenvalue weighted by atomic mass is 9.92. The van der Waals surface area contributed by atoms with Crippen LogP contribution < -0.4 is 0 Å². The summed E-state index contributed by atoms with van der Waals surface area (Å²) in [7, 11) is 0. The van der Waals surface area contributed by atoms with Gasteiger partial charge in [-0.25, -0.2) is 0 Å². The predicted molar refractivity (Wildman–Crippen MR) is 87.7 cm³/mol. The summed E-state index contributed by atoms with van der Waals surface area (Å²) >= 11 is 0. The fraction of sp³-hybridized carbons (Fsp3) is 0.556. The number of rotatable bonds is 6. The quantitative estimate of drug-likeness (QED) is 0.758. The van der Waals surface area contributed by atoms with E-state index in [1.54, 1.807) is 0 Å². The van der Waals surface area contributed by atoms with Crippen LogP contribution in [0.3, 0.4) is 0 Å².